The fourth-order valence-electron chi connectivity index (χ4n) is 7.74. The van der Waals surface area contributed by atoms with Crippen molar-refractivity contribution in [3.05, 3.63) is 71.2 Å². The summed E-state index contributed by atoms with van der Waals surface area (Å²) in [7, 11) is -8.13. The minimum atomic E-state index is -4.56. The van der Waals surface area contributed by atoms with Crippen LogP contribution in [0.2, 0.25) is 0 Å². The number of aromatic nitrogens is 7. The molecule has 5 aromatic rings. The van der Waals surface area contributed by atoms with Crippen molar-refractivity contribution in [3.8, 4) is 6.07 Å². The Morgan fingerprint density at radius 2 is 1.85 bits per heavy atom. The maximum atomic E-state index is 14.5. The van der Waals surface area contributed by atoms with Crippen LogP contribution in [0, 0.1) is 35.0 Å². The number of nitriles is 1. The summed E-state index contributed by atoms with van der Waals surface area (Å²) in [4.78, 5) is 67.9. The van der Waals surface area contributed by atoms with Gasteiger partial charge in [0.15, 0.2) is 17.4 Å². The van der Waals surface area contributed by atoms with Crippen LogP contribution in [0.4, 0.5) is 11.8 Å². The molecule has 5 N–H and O–H groups in total. The van der Waals surface area contributed by atoms with Crippen LogP contribution >= 0.6 is 16.1 Å². The van der Waals surface area contributed by atoms with Crippen LogP contribution in [-0.2, 0) is 36.8 Å². The monoisotopic (exact) mass is 896 g/mol. The molecule has 2 amide bonds. The third-order valence-corrected chi connectivity index (χ3v) is 13.0. The lowest BCUT2D eigenvalue weighted by Crippen LogP contribution is -2.29. The number of aliphatic hydroxyl groups excluding tert-OH is 1. The van der Waals surface area contributed by atoms with Crippen LogP contribution in [0.1, 0.15) is 63.2 Å². The second-order valence-corrected chi connectivity index (χ2v) is 17.7. The lowest BCUT2D eigenvalue weighted by atomic mass is 10.0. The Bertz CT molecular complexity index is 2600. The van der Waals surface area contributed by atoms with Gasteiger partial charge in [-0.25, -0.2) is 19.5 Å². The summed E-state index contributed by atoms with van der Waals surface area (Å²) in [5, 5.41) is 25.8. The molecule has 4 aromatic heterocycles. The minimum absolute atomic E-state index is 0.0264. The third kappa shape index (κ3) is 9.41. The third-order valence-electron chi connectivity index (χ3n) is 11.0. The van der Waals surface area contributed by atoms with E-state index < -0.39 is 82.4 Å². The highest BCUT2D eigenvalue weighted by Crippen LogP contribution is 2.57. The number of nitrogens with one attached hydrogen (secondary N) is 3. The lowest BCUT2D eigenvalue weighted by Gasteiger charge is -2.28. The smallest absolute Gasteiger partial charge is 0.396 e. The molecule has 1 aliphatic carbocycles. The average Bonchev–Trinajstić information content (AvgIpc) is 4.02. The van der Waals surface area contributed by atoms with Crippen LogP contribution in [0.25, 0.3) is 22.2 Å². The van der Waals surface area contributed by atoms with E-state index in [-0.39, 0.29) is 48.7 Å². The second-order valence-electron chi connectivity index (χ2n) is 15.3. The number of anilines is 2. The summed E-state index contributed by atoms with van der Waals surface area (Å²) in [5.41, 5.74) is 0.155. The number of phosphoric ester groups is 1. The zero-order valence-corrected chi connectivity index (χ0v) is 35.9. The summed E-state index contributed by atoms with van der Waals surface area (Å²) in [6, 6.07) is 12.0. The zero-order valence-electron chi connectivity index (χ0n) is 34.0. The molecule has 1 aromatic carbocycles. The van der Waals surface area contributed by atoms with Crippen molar-refractivity contribution in [3.63, 3.8) is 0 Å². The number of fused-ring (bicyclic) bond motifs is 2. The van der Waals surface area contributed by atoms with Gasteiger partial charge in [0.1, 0.15) is 23.9 Å². The van der Waals surface area contributed by atoms with Gasteiger partial charge < -0.3 is 29.1 Å². The molecule has 2 fully saturated rings. The van der Waals surface area contributed by atoms with E-state index in [1.807, 2.05) is 17.6 Å². The highest BCUT2D eigenvalue weighted by Gasteiger charge is 2.49. The molecule has 7 rings (SSSR count). The van der Waals surface area contributed by atoms with Crippen molar-refractivity contribution in [2.75, 3.05) is 30.5 Å². The van der Waals surface area contributed by atoms with Gasteiger partial charge in [0.25, 0.3) is 11.5 Å². The molecule has 0 bridgehead atoms. The van der Waals surface area contributed by atoms with E-state index in [1.165, 1.54) is 17.2 Å². The van der Waals surface area contributed by atoms with Crippen LogP contribution < -0.4 is 16.2 Å². The Labute approximate surface area is 354 Å². The number of amides is 2. The molecule has 62 heavy (non-hydrogen) atoms. The molecule has 24 heteroatoms. The van der Waals surface area contributed by atoms with Gasteiger partial charge >= 0.3 is 16.1 Å². The van der Waals surface area contributed by atoms with Gasteiger partial charge in [-0.3, -0.25) is 47.4 Å². The minimum Gasteiger partial charge on any atom is -0.396 e. The van der Waals surface area contributed by atoms with Gasteiger partial charge in [0, 0.05) is 48.1 Å². The van der Waals surface area contributed by atoms with E-state index >= 15 is 0 Å². The number of aromatic amines is 1. The first-order chi connectivity index (χ1) is 29.7. The first-order valence-electron chi connectivity index (χ1n) is 19.8. The predicted molar refractivity (Wildman–Crippen MR) is 221 cm³/mol. The molecular formula is C38H46N10O12P2. The molecule has 5 heterocycles. The summed E-state index contributed by atoms with van der Waals surface area (Å²) >= 11 is 0. The van der Waals surface area contributed by atoms with Crippen molar-refractivity contribution < 1.29 is 51.6 Å². The van der Waals surface area contributed by atoms with Crippen molar-refractivity contribution in [2.45, 2.75) is 71.1 Å². The van der Waals surface area contributed by atoms with Crippen LogP contribution in [0.15, 0.2) is 60.0 Å². The highest BCUT2D eigenvalue weighted by atomic mass is 31.2. The normalized spacial score (nSPS) is 25.2. The predicted octanol–water partition coefficient (Wildman–Crippen LogP) is 4.34. The zero-order chi connectivity index (χ0) is 44.3. The quantitative estimate of drug-likeness (QED) is 0.0640. The first kappa shape index (κ1) is 44.8. The maximum absolute atomic E-state index is 14.5. The van der Waals surface area contributed by atoms with E-state index in [4.69, 9.17) is 22.8 Å². The first-order valence-corrected chi connectivity index (χ1v) is 22.5. The Morgan fingerprint density at radius 1 is 1.08 bits per heavy atom. The number of carbonyl (C=O) groups is 2. The van der Waals surface area contributed by atoms with E-state index in [1.54, 1.807) is 63.4 Å². The molecule has 22 nitrogen and oxygen atoms in total. The standard InChI is InChI=1S/C38H46N10O12P2/c1-20(2)34(50)45-38-44-33-28(36(52)46-38)42-19-48(33)37-30(59-61(53)54)22(4)27(58-37)17-57-62(55,56-14-8-12-39)60-29-21(3)26(15-24(29)16-49)47-13-11-25-31(40-18-41-32(25)47)43-35(51)23-9-6-5-7-10-23/h5-7,9-11,13,18-22,24,26-27,29-30,37,49,61H,8,14-17H2,1-4H3,(H,53,54)(H,40,41,43,51)(H2,44,45,46,50,52). The molecule has 2 aliphatic rings. The number of imidazole rings is 1. The Kier molecular flexibility index (Phi) is 13.8. The molecule has 1 aliphatic heterocycles. The molecule has 0 radical (unpaired) electrons. The number of benzene rings is 1. The number of aliphatic hydroxyl groups is 1. The number of phosphoric acid groups is 1. The fraction of sp³-hybridized carbons (Fsp3) is 0.474. The van der Waals surface area contributed by atoms with Crippen LogP contribution in [0.5, 0.6) is 0 Å². The second kappa shape index (κ2) is 19.0. The molecule has 0 spiro atoms. The number of hydrogen-bond donors (Lipinski definition) is 5. The topological polar surface area (TPSA) is 297 Å². The van der Waals surface area contributed by atoms with E-state index in [9.17, 15) is 38.8 Å². The molecule has 330 valence electrons. The fourth-order valence-corrected chi connectivity index (χ4v) is 9.80. The van der Waals surface area contributed by atoms with E-state index in [0.29, 0.717) is 28.8 Å². The van der Waals surface area contributed by atoms with E-state index in [2.05, 4.69) is 35.6 Å². The largest absolute Gasteiger partial charge is 0.475 e. The number of rotatable bonds is 17. The lowest BCUT2D eigenvalue weighted by molar-refractivity contribution is -0.118. The van der Waals surface area contributed by atoms with Crippen LogP contribution in [-0.4, -0.2) is 94.0 Å². The maximum Gasteiger partial charge on any atom is 0.475 e. The average molecular weight is 897 g/mol. The van der Waals surface area contributed by atoms with Gasteiger partial charge in [-0.05, 0) is 24.6 Å². The van der Waals surface area contributed by atoms with Crippen molar-refractivity contribution in [2.24, 2.45) is 23.7 Å². The van der Waals surface area contributed by atoms with Gasteiger partial charge in [-0.15, -0.1) is 0 Å². The summed E-state index contributed by atoms with van der Waals surface area (Å²) < 4.78 is 59.4. The number of carbonyl (C=O) groups excluding carboxylic acids is 2. The number of H-pyrrole nitrogens is 1. The van der Waals surface area contributed by atoms with Gasteiger partial charge in [-0.2, -0.15) is 10.2 Å². The molecule has 1 saturated heterocycles. The number of ether oxygens (including phenoxy) is 1. The number of nitrogens with zero attached hydrogens (tertiary/aromatic N) is 7. The van der Waals surface area contributed by atoms with Crippen molar-refractivity contribution >= 4 is 61.9 Å². The van der Waals surface area contributed by atoms with Gasteiger partial charge in [-0.1, -0.05) is 45.9 Å². The van der Waals surface area contributed by atoms with Crippen molar-refractivity contribution in [1.29, 1.82) is 5.26 Å². The van der Waals surface area contributed by atoms with Gasteiger partial charge in [0.2, 0.25) is 11.9 Å². The molecular weight excluding hydrogens is 850 g/mol. The Hall–Kier alpha value is -5.20. The summed E-state index contributed by atoms with van der Waals surface area (Å²) in [6.07, 6.45) is 0.328. The molecule has 10 unspecified atom stereocenters. The SMILES string of the molecule is CC(C)C(=O)Nc1nc2c(ncn2C2OC(COP(=O)(OCCC#N)OC3C(CO)CC(n4ccc5c(NC(=O)c6ccccc6)ncnc54)C3C)C(C)C2O[PH](=O)O)c(=O)[nH]1. The summed E-state index contributed by atoms with van der Waals surface area (Å²) in [5.74, 6) is -2.75. The summed E-state index contributed by atoms with van der Waals surface area (Å²) in [6.45, 7) is 5.69. The van der Waals surface area contributed by atoms with Crippen molar-refractivity contribution in [1.82, 2.24) is 34.1 Å². The Balaban J connectivity index is 1.11. The highest BCUT2D eigenvalue weighted by molar-refractivity contribution is 7.48. The number of hydrogen-bond acceptors (Lipinski definition) is 16. The van der Waals surface area contributed by atoms with Crippen LogP contribution in [0.3, 0.4) is 0 Å². The van der Waals surface area contributed by atoms with E-state index in [0.717, 1.165) is 0 Å². The molecule has 10 atom stereocenters. The van der Waals surface area contributed by atoms with Gasteiger partial charge in [0.05, 0.1) is 49.6 Å². The molecule has 1 saturated carbocycles. The Morgan fingerprint density at radius 3 is 2.56 bits per heavy atom.